The molecule has 0 saturated carbocycles. The highest BCUT2D eigenvalue weighted by atomic mass is 16.6. The molecule has 41 heavy (non-hydrogen) atoms. The van der Waals surface area contributed by atoms with Crippen LogP contribution in [0.5, 0.6) is 11.5 Å². The largest absolute Gasteiger partial charge is 0.503 e. The molecule has 0 radical (unpaired) electrons. The minimum Gasteiger partial charge on any atom is -0.503 e. The van der Waals surface area contributed by atoms with Crippen molar-refractivity contribution in [2.24, 2.45) is 5.92 Å². The number of carbonyl (C=O) groups is 4. The minimum atomic E-state index is -1.43. The Morgan fingerprint density at radius 1 is 1.00 bits per heavy atom. The normalized spacial score (nSPS) is 20.8. The molecule has 0 aliphatic carbocycles. The molecule has 4 unspecified atom stereocenters. The molecule has 1 saturated heterocycles. The van der Waals surface area contributed by atoms with Crippen LogP contribution < -0.4 is 10.1 Å². The second-order valence-corrected chi connectivity index (χ2v) is 9.42. The summed E-state index contributed by atoms with van der Waals surface area (Å²) in [5.41, 5.74) is 1.09. The summed E-state index contributed by atoms with van der Waals surface area (Å²) in [5.74, 6) is -4.73. The monoisotopic (exact) mass is 562 g/mol. The molecule has 0 spiro atoms. The van der Waals surface area contributed by atoms with E-state index < -0.39 is 66.0 Å². The van der Waals surface area contributed by atoms with Gasteiger partial charge in [0.15, 0.2) is 29.3 Å². The average molecular weight is 563 g/mol. The van der Waals surface area contributed by atoms with E-state index in [9.17, 15) is 24.3 Å². The molecule has 2 heterocycles. The molecule has 1 amide bonds. The molecule has 4 atom stereocenters. The van der Waals surface area contributed by atoms with Crippen molar-refractivity contribution >= 4 is 23.8 Å². The zero-order valence-corrected chi connectivity index (χ0v) is 22.5. The Balaban J connectivity index is 1.57. The van der Waals surface area contributed by atoms with Crippen LogP contribution in [0, 0.1) is 5.92 Å². The first kappa shape index (κ1) is 29.1. The fraction of sp³-hybridized carbons (Fsp3) is 0.300. The van der Waals surface area contributed by atoms with Gasteiger partial charge in [0.2, 0.25) is 0 Å². The lowest BCUT2D eigenvalue weighted by atomic mass is 9.91. The Morgan fingerprint density at radius 3 is 2.32 bits per heavy atom. The number of hydrogen-bond acceptors (Lipinski definition) is 10. The maximum atomic E-state index is 13.4. The van der Waals surface area contributed by atoms with Gasteiger partial charge in [-0.25, -0.2) is 9.78 Å². The number of cyclic esters (lactones) is 2. The van der Waals surface area contributed by atoms with Gasteiger partial charge in [0.25, 0.3) is 5.91 Å². The minimum absolute atomic E-state index is 0.00570. The zero-order valence-electron chi connectivity index (χ0n) is 22.5. The van der Waals surface area contributed by atoms with Crippen molar-refractivity contribution < 1.29 is 43.2 Å². The lowest BCUT2D eigenvalue weighted by Crippen LogP contribution is -2.46. The predicted molar refractivity (Wildman–Crippen MR) is 144 cm³/mol. The van der Waals surface area contributed by atoms with E-state index in [0.717, 1.165) is 5.56 Å². The second-order valence-electron chi connectivity index (χ2n) is 9.42. The predicted octanol–water partition coefficient (Wildman–Crippen LogP) is 2.40. The van der Waals surface area contributed by atoms with E-state index in [1.807, 2.05) is 36.4 Å². The number of rotatable bonds is 8. The topological polar surface area (TPSA) is 150 Å². The number of methoxy groups -OCH3 is 1. The van der Waals surface area contributed by atoms with Crippen LogP contribution in [0.2, 0.25) is 0 Å². The highest BCUT2D eigenvalue weighted by Crippen LogP contribution is 2.28. The van der Waals surface area contributed by atoms with Crippen molar-refractivity contribution in [3.8, 4) is 11.5 Å². The third kappa shape index (κ3) is 7.38. The van der Waals surface area contributed by atoms with E-state index in [1.54, 1.807) is 24.3 Å². The Hall–Kier alpha value is -4.93. The molecule has 1 aliphatic heterocycles. The van der Waals surface area contributed by atoms with Crippen LogP contribution in [0.3, 0.4) is 0 Å². The molecule has 4 rings (SSSR count). The molecule has 1 fully saturated rings. The molecule has 1 aliphatic rings. The lowest BCUT2D eigenvalue weighted by Gasteiger charge is -2.29. The molecule has 3 aromatic rings. The van der Waals surface area contributed by atoms with Crippen LogP contribution in [-0.2, 0) is 41.4 Å². The maximum absolute atomic E-state index is 13.4. The summed E-state index contributed by atoms with van der Waals surface area (Å²) in [6.07, 6.45) is -0.921. The summed E-state index contributed by atoms with van der Waals surface area (Å²) >= 11 is 0. The molecule has 2 aromatic carbocycles. The molecule has 1 aromatic heterocycles. The van der Waals surface area contributed by atoms with Gasteiger partial charge in [-0.15, -0.1) is 0 Å². The zero-order chi connectivity index (χ0) is 29.4. The van der Waals surface area contributed by atoms with E-state index in [2.05, 4.69) is 10.3 Å². The highest BCUT2D eigenvalue weighted by molar-refractivity contribution is 5.98. The van der Waals surface area contributed by atoms with E-state index in [1.165, 1.54) is 26.3 Å². The summed E-state index contributed by atoms with van der Waals surface area (Å²) < 4.78 is 21.8. The number of aromatic nitrogens is 1. The first-order chi connectivity index (χ1) is 19.8. The molecular weight excluding hydrogens is 532 g/mol. The van der Waals surface area contributed by atoms with Crippen LogP contribution in [0.25, 0.3) is 0 Å². The molecule has 0 bridgehead atoms. The second kappa shape index (κ2) is 13.4. The fourth-order valence-electron chi connectivity index (χ4n) is 4.43. The third-order valence-corrected chi connectivity index (χ3v) is 6.53. The van der Waals surface area contributed by atoms with Gasteiger partial charge in [-0.05, 0) is 24.5 Å². The number of esters is 3. The van der Waals surface area contributed by atoms with Gasteiger partial charge in [0.05, 0.1) is 13.5 Å². The van der Waals surface area contributed by atoms with Gasteiger partial charge in [0, 0.05) is 12.3 Å². The molecule has 214 valence electrons. The molecule has 2 N–H and O–H groups in total. The smallest absolute Gasteiger partial charge is 0.332 e. The summed E-state index contributed by atoms with van der Waals surface area (Å²) in [6.45, 7) is 0.945. The SMILES string of the molecule is COc1ccnc(C(=O)NC2COC(=O)C(Cc3ccccc3)C(OC(=O)Cc3ccccc3)C(C)OC2=O)c1O. The van der Waals surface area contributed by atoms with Crippen LogP contribution in [0.4, 0.5) is 0 Å². The van der Waals surface area contributed by atoms with Crippen molar-refractivity contribution in [3.05, 3.63) is 89.7 Å². The van der Waals surface area contributed by atoms with Gasteiger partial charge >= 0.3 is 17.9 Å². The molecule has 11 nitrogen and oxygen atoms in total. The quantitative estimate of drug-likeness (QED) is 0.309. The van der Waals surface area contributed by atoms with Gasteiger partial charge in [-0.1, -0.05) is 60.7 Å². The number of carbonyl (C=O) groups excluding carboxylic acids is 4. The molecular formula is C30H30N2O9. The van der Waals surface area contributed by atoms with Crippen molar-refractivity contribution in [1.29, 1.82) is 0 Å². The van der Waals surface area contributed by atoms with Crippen LogP contribution in [0.1, 0.15) is 28.5 Å². The number of pyridine rings is 1. The van der Waals surface area contributed by atoms with E-state index in [0.29, 0.717) is 5.56 Å². The number of hydrogen-bond donors (Lipinski definition) is 2. The van der Waals surface area contributed by atoms with Crippen molar-refractivity contribution in [3.63, 3.8) is 0 Å². The van der Waals surface area contributed by atoms with Gasteiger partial charge in [-0.3, -0.25) is 14.4 Å². The third-order valence-electron chi connectivity index (χ3n) is 6.53. The lowest BCUT2D eigenvalue weighted by molar-refractivity contribution is -0.174. The fourth-order valence-corrected chi connectivity index (χ4v) is 4.43. The van der Waals surface area contributed by atoms with Gasteiger partial charge in [-0.2, -0.15) is 0 Å². The van der Waals surface area contributed by atoms with Crippen molar-refractivity contribution in [2.75, 3.05) is 13.7 Å². The Morgan fingerprint density at radius 2 is 1.66 bits per heavy atom. The number of ether oxygens (including phenoxy) is 4. The molecule has 11 heteroatoms. The Bertz CT molecular complexity index is 1380. The van der Waals surface area contributed by atoms with Crippen molar-refractivity contribution in [2.45, 2.75) is 38.0 Å². The first-order valence-electron chi connectivity index (χ1n) is 12.9. The van der Waals surface area contributed by atoms with Crippen molar-refractivity contribution in [1.82, 2.24) is 10.3 Å². The van der Waals surface area contributed by atoms with Gasteiger partial charge in [0.1, 0.15) is 18.6 Å². The number of nitrogens with one attached hydrogen (secondary N) is 1. The van der Waals surface area contributed by atoms with E-state index >= 15 is 0 Å². The Labute approximate surface area is 236 Å². The maximum Gasteiger partial charge on any atom is 0.332 e. The van der Waals surface area contributed by atoms with E-state index in [-0.39, 0.29) is 18.6 Å². The summed E-state index contributed by atoms with van der Waals surface area (Å²) in [4.78, 5) is 56.2. The summed E-state index contributed by atoms with van der Waals surface area (Å²) in [5, 5.41) is 12.7. The summed E-state index contributed by atoms with van der Waals surface area (Å²) in [7, 11) is 1.31. The summed E-state index contributed by atoms with van der Waals surface area (Å²) in [6, 6.07) is 17.9. The van der Waals surface area contributed by atoms with Crippen LogP contribution in [0.15, 0.2) is 72.9 Å². The number of amides is 1. The first-order valence-corrected chi connectivity index (χ1v) is 12.9. The number of aromatic hydroxyl groups is 1. The number of benzene rings is 2. The van der Waals surface area contributed by atoms with E-state index in [4.69, 9.17) is 18.9 Å². The number of nitrogens with zero attached hydrogens (tertiary/aromatic N) is 1. The van der Waals surface area contributed by atoms with Crippen LogP contribution in [-0.4, -0.2) is 65.9 Å². The van der Waals surface area contributed by atoms with Crippen LogP contribution >= 0.6 is 0 Å². The van der Waals surface area contributed by atoms with Gasteiger partial charge < -0.3 is 29.4 Å². The standard InChI is InChI=1S/C30H30N2O9/c1-18-27(41-24(33)16-20-11-7-4-8-12-20)21(15-19-9-5-3-6-10-19)29(36)39-17-22(30(37)40-18)32-28(35)25-26(34)23(38-2)13-14-31-25/h3-14,18,21-22,27,34H,15-17H2,1-2H3,(H,32,35). The highest BCUT2D eigenvalue weighted by Gasteiger charge is 2.42. The Kier molecular flexibility index (Phi) is 9.51. The average Bonchev–Trinajstić information content (AvgIpc) is 3.00.